The molecule has 1 aromatic carbocycles. The Balaban J connectivity index is 1.99. The highest BCUT2D eigenvalue weighted by atomic mass is 35.5. The van der Waals surface area contributed by atoms with Crippen molar-refractivity contribution in [3.63, 3.8) is 0 Å². The first-order valence-electron chi connectivity index (χ1n) is 6.80. The Kier molecular flexibility index (Phi) is 3.55. The maximum Gasteiger partial charge on any atom is 0.312 e. The lowest BCUT2D eigenvalue weighted by atomic mass is 9.96. The second-order valence-corrected chi connectivity index (χ2v) is 5.60. The third kappa shape index (κ3) is 2.47. The van der Waals surface area contributed by atoms with Crippen molar-refractivity contribution in [1.82, 2.24) is 4.57 Å². The largest absolute Gasteiger partial charge is 0.481 e. The van der Waals surface area contributed by atoms with Gasteiger partial charge in [0.2, 0.25) is 5.78 Å². The maximum absolute atomic E-state index is 12.6. The molecule has 3 rings (SSSR count). The Morgan fingerprint density at radius 2 is 1.86 bits per heavy atom. The highest BCUT2D eigenvalue weighted by Gasteiger charge is 2.29. The lowest BCUT2D eigenvalue weighted by molar-refractivity contribution is -0.139. The fraction of sp³-hybridized carbons (Fsp3) is 0.250. The molecule has 2 heterocycles. The second-order valence-electron chi connectivity index (χ2n) is 5.16. The number of hydrogen-bond acceptors (Lipinski definition) is 2. The summed E-state index contributed by atoms with van der Waals surface area (Å²) in [5, 5.41) is 9.85. The van der Waals surface area contributed by atoms with Crippen molar-refractivity contribution < 1.29 is 14.7 Å². The molecule has 0 bridgehead atoms. The SMILES string of the molecule is O=C(c1ccc(Cl)cc1)c1ccc2n1CCCC2C(=O)O. The first kappa shape index (κ1) is 13.9. The normalized spacial score (nSPS) is 17.3. The summed E-state index contributed by atoms with van der Waals surface area (Å²) >= 11 is 5.83. The lowest BCUT2D eigenvalue weighted by Gasteiger charge is -2.23. The van der Waals surface area contributed by atoms with E-state index in [9.17, 15) is 14.7 Å². The summed E-state index contributed by atoms with van der Waals surface area (Å²) in [7, 11) is 0. The van der Waals surface area contributed by atoms with E-state index in [-0.39, 0.29) is 5.78 Å². The third-order valence-electron chi connectivity index (χ3n) is 3.88. The first-order chi connectivity index (χ1) is 10.1. The number of halogens is 1. The van der Waals surface area contributed by atoms with Gasteiger partial charge in [-0.25, -0.2) is 0 Å². The van der Waals surface area contributed by atoms with E-state index in [1.54, 1.807) is 36.4 Å². The minimum absolute atomic E-state index is 0.107. The molecule has 4 nitrogen and oxygen atoms in total. The summed E-state index contributed by atoms with van der Waals surface area (Å²) in [6.07, 6.45) is 1.38. The summed E-state index contributed by atoms with van der Waals surface area (Å²) < 4.78 is 1.83. The van der Waals surface area contributed by atoms with Crippen LogP contribution in [0.4, 0.5) is 0 Å². The van der Waals surface area contributed by atoms with Crippen molar-refractivity contribution in [3.8, 4) is 0 Å². The van der Waals surface area contributed by atoms with Gasteiger partial charge in [-0.3, -0.25) is 9.59 Å². The zero-order chi connectivity index (χ0) is 15.0. The lowest BCUT2D eigenvalue weighted by Crippen LogP contribution is -2.23. The molecule has 0 fully saturated rings. The molecule has 2 aromatic rings. The van der Waals surface area contributed by atoms with Gasteiger partial charge in [0, 0.05) is 22.8 Å². The zero-order valence-electron chi connectivity index (χ0n) is 11.3. The van der Waals surface area contributed by atoms with E-state index >= 15 is 0 Å². The van der Waals surface area contributed by atoms with Crippen LogP contribution in [0, 0.1) is 0 Å². The van der Waals surface area contributed by atoms with Gasteiger partial charge >= 0.3 is 5.97 Å². The minimum atomic E-state index is -0.834. The van der Waals surface area contributed by atoms with Gasteiger partial charge in [-0.05, 0) is 49.2 Å². The van der Waals surface area contributed by atoms with Crippen LogP contribution in [0.5, 0.6) is 0 Å². The van der Waals surface area contributed by atoms with Crippen LogP contribution in [-0.2, 0) is 11.3 Å². The number of carbonyl (C=O) groups is 2. The number of carboxylic acids is 1. The van der Waals surface area contributed by atoms with Gasteiger partial charge in [0.15, 0.2) is 0 Å². The number of carboxylic acid groups (broad SMARTS) is 1. The quantitative estimate of drug-likeness (QED) is 0.885. The van der Waals surface area contributed by atoms with Crippen LogP contribution in [-0.4, -0.2) is 21.4 Å². The Labute approximate surface area is 127 Å². The molecule has 0 radical (unpaired) electrons. The molecular formula is C16H14ClNO3. The maximum atomic E-state index is 12.6. The average molecular weight is 304 g/mol. The summed E-state index contributed by atoms with van der Waals surface area (Å²) in [5.41, 5.74) is 1.81. The number of nitrogens with zero attached hydrogens (tertiary/aromatic N) is 1. The van der Waals surface area contributed by atoms with E-state index < -0.39 is 11.9 Å². The number of benzene rings is 1. The highest BCUT2D eigenvalue weighted by molar-refractivity contribution is 6.30. The monoisotopic (exact) mass is 303 g/mol. The fourth-order valence-electron chi connectivity index (χ4n) is 2.84. The number of fused-ring (bicyclic) bond motifs is 1. The Morgan fingerprint density at radius 3 is 2.52 bits per heavy atom. The van der Waals surface area contributed by atoms with Crippen LogP contribution in [0.2, 0.25) is 5.02 Å². The van der Waals surface area contributed by atoms with Crippen LogP contribution in [0.25, 0.3) is 0 Å². The molecule has 1 N–H and O–H groups in total. The Morgan fingerprint density at radius 1 is 1.14 bits per heavy atom. The van der Waals surface area contributed by atoms with Gasteiger partial charge in [0.1, 0.15) is 0 Å². The molecule has 0 saturated carbocycles. The smallest absolute Gasteiger partial charge is 0.312 e. The summed E-state index contributed by atoms with van der Waals surface area (Å²) in [4.78, 5) is 23.8. The average Bonchev–Trinajstić information content (AvgIpc) is 2.90. The molecule has 5 heteroatoms. The van der Waals surface area contributed by atoms with Gasteiger partial charge < -0.3 is 9.67 Å². The third-order valence-corrected chi connectivity index (χ3v) is 4.14. The number of carbonyl (C=O) groups excluding carboxylic acids is 1. The Bertz CT molecular complexity index is 703. The van der Waals surface area contributed by atoms with Crippen LogP contribution in [0.1, 0.15) is 40.5 Å². The summed E-state index contributed by atoms with van der Waals surface area (Å²) in [5.74, 6) is -1.46. The summed E-state index contributed by atoms with van der Waals surface area (Å²) in [6.45, 7) is 0.681. The van der Waals surface area contributed by atoms with Gasteiger partial charge in [-0.1, -0.05) is 11.6 Å². The molecule has 108 valence electrons. The molecule has 0 saturated heterocycles. The first-order valence-corrected chi connectivity index (χ1v) is 7.18. The molecule has 0 amide bonds. The second kappa shape index (κ2) is 5.37. The van der Waals surface area contributed by atoms with Crippen molar-refractivity contribution >= 4 is 23.4 Å². The van der Waals surface area contributed by atoms with Crippen LogP contribution in [0.15, 0.2) is 36.4 Å². The summed E-state index contributed by atoms with van der Waals surface area (Å²) in [6, 6.07) is 10.2. The van der Waals surface area contributed by atoms with Gasteiger partial charge in [-0.15, -0.1) is 0 Å². The van der Waals surface area contributed by atoms with Crippen LogP contribution in [0.3, 0.4) is 0 Å². The van der Waals surface area contributed by atoms with Gasteiger partial charge in [0.05, 0.1) is 11.6 Å². The van der Waals surface area contributed by atoms with Gasteiger partial charge in [-0.2, -0.15) is 0 Å². The molecule has 1 aliphatic rings. The molecule has 21 heavy (non-hydrogen) atoms. The van der Waals surface area contributed by atoms with Crippen LogP contribution < -0.4 is 0 Å². The van der Waals surface area contributed by atoms with E-state index in [1.807, 2.05) is 4.57 Å². The molecular weight excluding hydrogens is 290 g/mol. The van der Waals surface area contributed by atoms with E-state index in [2.05, 4.69) is 0 Å². The molecule has 1 atom stereocenters. The number of ketones is 1. The molecule has 0 spiro atoms. The highest BCUT2D eigenvalue weighted by Crippen LogP contribution is 2.30. The predicted molar refractivity (Wildman–Crippen MR) is 78.9 cm³/mol. The standard InChI is InChI=1S/C16H14ClNO3/c17-11-5-3-10(4-6-11)15(19)14-8-7-13-12(16(20)21)2-1-9-18(13)14/h3-8,12H,1-2,9H2,(H,20,21). The van der Waals surface area contributed by atoms with Crippen LogP contribution >= 0.6 is 11.6 Å². The predicted octanol–water partition coefficient (Wildman–Crippen LogP) is 3.33. The van der Waals surface area contributed by atoms with Crippen molar-refractivity contribution in [3.05, 3.63) is 58.4 Å². The Hall–Kier alpha value is -2.07. The minimum Gasteiger partial charge on any atom is -0.481 e. The number of aliphatic carboxylic acids is 1. The van der Waals surface area contributed by atoms with Crippen molar-refractivity contribution in [1.29, 1.82) is 0 Å². The van der Waals surface area contributed by atoms with Crippen molar-refractivity contribution in [2.75, 3.05) is 0 Å². The molecule has 1 unspecified atom stereocenters. The zero-order valence-corrected chi connectivity index (χ0v) is 12.0. The number of hydrogen-bond donors (Lipinski definition) is 1. The molecule has 1 aromatic heterocycles. The van der Waals surface area contributed by atoms with Crippen molar-refractivity contribution in [2.45, 2.75) is 25.3 Å². The number of rotatable bonds is 3. The van der Waals surface area contributed by atoms with E-state index in [1.165, 1.54) is 0 Å². The van der Waals surface area contributed by atoms with Crippen molar-refractivity contribution in [2.24, 2.45) is 0 Å². The van der Waals surface area contributed by atoms with E-state index in [0.29, 0.717) is 34.9 Å². The fourth-order valence-corrected chi connectivity index (χ4v) is 2.96. The number of aromatic nitrogens is 1. The van der Waals surface area contributed by atoms with Gasteiger partial charge in [0.25, 0.3) is 0 Å². The molecule has 1 aliphatic heterocycles. The topological polar surface area (TPSA) is 59.3 Å². The van der Waals surface area contributed by atoms with E-state index in [0.717, 1.165) is 6.42 Å². The molecule has 0 aliphatic carbocycles. The van der Waals surface area contributed by atoms with E-state index in [4.69, 9.17) is 11.6 Å².